The molecule has 3 N–H and O–H groups in total. The molecule has 0 aliphatic carbocycles. The summed E-state index contributed by atoms with van der Waals surface area (Å²) in [6, 6.07) is 0. The molecule has 1 amide bonds. The summed E-state index contributed by atoms with van der Waals surface area (Å²) in [5.74, 6) is 0.487. The van der Waals surface area contributed by atoms with Crippen LogP contribution in [-0.4, -0.2) is 21.5 Å². The average Bonchev–Trinajstić information content (AvgIpc) is 2.47. The lowest BCUT2D eigenvalue weighted by molar-refractivity contribution is 0.0634. The first-order chi connectivity index (χ1) is 7.83. The minimum absolute atomic E-state index is 0.435. The molecule has 0 saturated carbocycles. The smallest absolute Gasteiger partial charge is 0.413 e. The van der Waals surface area contributed by atoms with E-state index in [4.69, 9.17) is 10.5 Å². The topological polar surface area (TPSA) is 82.2 Å². The summed E-state index contributed by atoms with van der Waals surface area (Å²) in [5, 5.41) is 6.69. The maximum Gasteiger partial charge on any atom is 0.413 e. The predicted molar refractivity (Wildman–Crippen MR) is 66.8 cm³/mol. The van der Waals surface area contributed by atoms with Crippen LogP contribution in [0.5, 0.6) is 0 Å². The van der Waals surface area contributed by atoms with Crippen molar-refractivity contribution in [2.45, 2.75) is 46.3 Å². The lowest BCUT2D eigenvalue weighted by Crippen LogP contribution is -2.28. The monoisotopic (exact) mass is 240 g/mol. The Morgan fingerprint density at radius 1 is 1.59 bits per heavy atom. The number of hydrogen-bond donors (Lipinski definition) is 2. The van der Waals surface area contributed by atoms with Gasteiger partial charge < -0.3 is 10.5 Å². The molecular formula is C11H20N4O2. The van der Waals surface area contributed by atoms with Crippen LogP contribution >= 0.6 is 0 Å². The summed E-state index contributed by atoms with van der Waals surface area (Å²) >= 11 is 0. The van der Waals surface area contributed by atoms with E-state index in [1.54, 1.807) is 25.5 Å². The van der Waals surface area contributed by atoms with Crippen LogP contribution in [0.2, 0.25) is 0 Å². The van der Waals surface area contributed by atoms with Gasteiger partial charge in [0.2, 0.25) is 0 Å². The number of nitrogens with two attached hydrogens (primary N) is 1. The second-order valence-corrected chi connectivity index (χ2v) is 4.80. The Balaban J connectivity index is 2.73. The minimum Gasteiger partial charge on any atom is -0.444 e. The van der Waals surface area contributed by atoms with Gasteiger partial charge in [-0.05, 0) is 27.2 Å². The standard InChI is InChI=1S/C11H20N4O2/c1-5-6-15-9(8(12)7-13-15)14-10(16)17-11(2,3)4/h7H,5-6,12H2,1-4H3,(H,14,16). The second kappa shape index (κ2) is 5.07. The van der Waals surface area contributed by atoms with Crippen LogP contribution in [0.15, 0.2) is 6.20 Å². The Kier molecular flexibility index (Phi) is 3.98. The van der Waals surface area contributed by atoms with E-state index in [9.17, 15) is 4.79 Å². The number of ether oxygens (including phenoxy) is 1. The summed E-state index contributed by atoms with van der Waals surface area (Å²) < 4.78 is 6.80. The Bertz CT molecular complexity index is 393. The number of carbonyl (C=O) groups is 1. The third kappa shape index (κ3) is 3.97. The molecule has 6 nitrogen and oxygen atoms in total. The SMILES string of the molecule is CCCn1ncc(N)c1NC(=O)OC(C)(C)C. The molecule has 0 saturated heterocycles. The number of carbonyl (C=O) groups excluding carboxylic acids is 1. The Hall–Kier alpha value is -1.72. The molecule has 96 valence electrons. The molecule has 17 heavy (non-hydrogen) atoms. The molecule has 1 heterocycles. The van der Waals surface area contributed by atoms with Crippen LogP contribution in [0.25, 0.3) is 0 Å². The van der Waals surface area contributed by atoms with Gasteiger partial charge in [-0.25, -0.2) is 9.48 Å². The quantitative estimate of drug-likeness (QED) is 0.848. The van der Waals surface area contributed by atoms with Crippen molar-refractivity contribution in [1.82, 2.24) is 9.78 Å². The van der Waals surface area contributed by atoms with E-state index in [2.05, 4.69) is 10.4 Å². The Morgan fingerprint density at radius 2 is 2.24 bits per heavy atom. The number of aryl methyl sites for hydroxylation is 1. The van der Waals surface area contributed by atoms with Crippen LogP contribution < -0.4 is 11.1 Å². The number of nitrogen functional groups attached to an aromatic ring is 1. The number of nitrogens with zero attached hydrogens (tertiary/aromatic N) is 2. The van der Waals surface area contributed by atoms with E-state index in [-0.39, 0.29) is 0 Å². The van der Waals surface area contributed by atoms with E-state index in [1.807, 2.05) is 6.92 Å². The highest BCUT2D eigenvalue weighted by atomic mass is 16.6. The number of aromatic nitrogens is 2. The van der Waals surface area contributed by atoms with E-state index in [1.165, 1.54) is 6.20 Å². The van der Waals surface area contributed by atoms with Gasteiger partial charge in [-0.15, -0.1) is 0 Å². The van der Waals surface area contributed by atoms with Crippen molar-refractivity contribution < 1.29 is 9.53 Å². The molecule has 6 heteroatoms. The van der Waals surface area contributed by atoms with Crippen LogP contribution in [0.3, 0.4) is 0 Å². The van der Waals surface area contributed by atoms with Crippen LogP contribution in [0.4, 0.5) is 16.3 Å². The molecule has 1 rings (SSSR count). The molecule has 0 unspecified atom stereocenters. The first-order valence-electron chi connectivity index (χ1n) is 5.64. The van der Waals surface area contributed by atoms with E-state index >= 15 is 0 Å². The normalized spacial score (nSPS) is 11.3. The molecule has 0 bridgehead atoms. The zero-order valence-electron chi connectivity index (χ0n) is 10.8. The zero-order valence-corrected chi connectivity index (χ0v) is 10.8. The third-order valence-electron chi connectivity index (χ3n) is 1.92. The van der Waals surface area contributed by atoms with Crippen molar-refractivity contribution in [1.29, 1.82) is 0 Å². The number of rotatable bonds is 3. The van der Waals surface area contributed by atoms with Crippen molar-refractivity contribution in [3.8, 4) is 0 Å². The van der Waals surface area contributed by atoms with Gasteiger partial charge in [0.15, 0.2) is 5.82 Å². The fourth-order valence-electron chi connectivity index (χ4n) is 1.32. The summed E-state index contributed by atoms with van der Waals surface area (Å²) in [4.78, 5) is 11.6. The zero-order chi connectivity index (χ0) is 13.1. The number of anilines is 2. The van der Waals surface area contributed by atoms with Gasteiger partial charge in [0.25, 0.3) is 0 Å². The Labute approximate surface area is 101 Å². The van der Waals surface area contributed by atoms with Crippen molar-refractivity contribution >= 4 is 17.6 Å². The first-order valence-corrected chi connectivity index (χ1v) is 5.64. The summed E-state index contributed by atoms with van der Waals surface area (Å²) in [6.45, 7) is 8.13. The molecule has 0 atom stereocenters. The van der Waals surface area contributed by atoms with E-state index in [0.29, 0.717) is 18.1 Å². The molecule has 0 aromatic carbocycles. The lowest BCUT2D eigenvalue weighted by atomic mass is 10.2. The van der Waals surface area contributed by atoms with Crippen LogP contribution in [-0.2, 0) is 11.3 Å². The van der Waals surface area contributed by atoms with Gasteiger partial charge in [0.1, 0.15) is 5.60 Å². The van der Waals surface area contributed by atoms with Gasteiger partial charge in [-0.2, -0.15) is 5.10 Å². The highest BCUT2D eigenvalue weighted by molar-refractivity contribution is 5.87. The second-order valence-electron chi connectivity index (χ2n) is 4.80. The molecule has 0 radical (unpaired) electrons. The molecule has 0 spiro atoms. The van der Waals surface area contributed by atoms with E-state index < -0.39 is 11.7 Å². The fourth-order valence-corrected chi connectivity index (χ4v) is 1.32. The van der Waals surface area contributed by atoms with Crippen molar-refractivity contribution in [2.24, 2.45) is 0 Å². The summed E-state index contributed by atoms with van der Waals surface area (Å²) in [6.07, 6.45) is 1.90. The highest BCUT2D eigenvalue weighted by Crippen LogP contribution is 2.19. The van der Waals surface area contributed by atoms with Gasteiger partial charge >= 0.3 is 6.09 Å². The van der Waals surface area contributed by atoms with Crippen molar-refractivity contribution in [2.75, 3.05) is 11.1 Å². The third-order valence-corrected chi connectivity index (χ3v) is 1.92. The van der Waals surface area contributed by atoms with Crippen LogP contribution in [0.1, 0.15) is 34.1 Å². The molecule has 0 aliphatic heterocycles. The largest absolute Gasteiger partial charge is 0.444 e. The van der Waals surface area contributed by atoms with Gasteiger partial charge in [-0.1, -0.05) is 6.92 Å². The number of hydrogen-bond acceptors (Lipinski definition) is 4. The lowest BCUT2D eigenvalue weighted by Gasteiger charge is -2.20. The van der Waals surface area contributed by atoms with Crippen LogP contribution in [0, 0.1) is 0 Å². The van der Waals surface area contributed by atoms with Gasteiger partial charge in [-0.3, -0.25) is 5.32 Å². The fraction of sp³-hybridized carbons (Fsp3) is 0.636. The average molecular weight is 240 g/mol. The molecule has 0 aliphatic rings. The first kappa shape index (κ1) is 13.3. The number of nitrogens with one attached hydrogen (secondary N) is 1. The van der Waals surface area contributed by atoms with Gasteiger partial charge in [0, 0.05) is 6.54 Å². The Morgan fingerprint density at radius 3 is 2.76 bits per heavy atom. The maximum absolute atomic E-state index is 11.6. The van der Waals surface area contributed by atoms with Crippen molar-refractivity contribution in [3.05, 3.63) is 6.20 Å². The summed E-state index contributed by atoms with van der Waals surface area (Å²) in [5.41, 5.74) is 5.63. The molecule has 0 fully saturated rings. The maximum atomic E-state index is 11.6. The highest BCUT2D eigenvalue weighted by Gasteiger charge is 2.18. The number of amides is 1. The molecule has 1 aromatic rings. The predicted octanol–water partition coefficient (Wildman–Crippen LogP) is 2.22. The van der Waals surface area contributed by atoms with E-state index in [0.717, 1.165) is 6.42 Å². The minimum atomic E-state index is -0.533. The summed E-state index contributed by atoms with van der Waals surface area (Å²) in [7, 11) is 0. The van der Waals surface area contributed by atoms with Gasteiger partial charge in [0.05, 0.1) is 11.9 Å². The molecular weight excluding hydrogens is 220 g/mol. The van der Waals surface area contributed by atoms with Crippen molar-refractivity contribution in [3.63, 3.8) is 0 Å². The molecule has 1 aromatic heterocycles.